The van der Waals surface area contributed by atoms with Crippen LogP contribution in [0.15, 0.2) is 24.3 Å². The maximum Gasteiger partial charge on any atom is 0.219 e. The lowest BCUT2D eigenvalue weighted by Crippen LogP contribution is -2.25. The molecule has 0 fully saturated rings. The number of carbonyl (C=O) groups excluding carboxylic acids is 1. The van der Waals surface area contributed by atoms with Gasteiger partial charge < -0.3 is 9.47 Å². The summed E-state index contributed by atoms with van der Waals surface area (Å²) in [4.78, 5) is 17.6. The lowest BCUT2D eigenvalue weighted by Gasteiger charge is -2.15. The molecule has 0 aliphatic heterocycles. The molecule has 2 rings (SSSR count). The van der Waals surface area contributed by atoms with Gasteiger partial charge in [-0.05, 0) is 18.6 Å². The fourth-order valence-electron chi connectivity index (χ4n) is 2.04. The van der Waals surface area contributed by atoms with Gasteiger partial charge in [-0.25, -0.2) is 4.98 Å². The van der Waals surface area contributed by atoms with Gasteiger partial charge in [0.1, 0.15) is 5.82 Å². The predicted octanol–water partition coefficient (Wildman–Crippen LogP) is 2.42. The van der Waals surface area contributed by atoms with E-state index in [9.17, 15) is 4.79 Å². The second-order valence-electron chi connectivity index (χ2n) is 4.54. The van der Waals surface area contributed by atoms with Crippen LogP contribution < -0.4 is 0 Å². The number of amides is 1. The summed E-state index contributed by atoms with van der Waals surface area (Å²) in [6, 6.07) is 8.10. The van der Waals surface area contributed by atoms with Crippen molar-refractivity contribution in [2.24, 2.45) is 0 Å². The molecule has 96 valence electrons. The summed E-state index contributed by atoms with van der Waals surface area (Å²) in [6.07, 6.45) is 1.05. The average Bonchev–Trinajstić information content (AvgIpc) is 2.68. The Morgan fingerprint density at radius 1 is 1.39 bits per heavy atom. The van der Waals surface area contributed by atoms with Crippen LogP contribution in [-0.2, 0) is 17.9 Å². The number of hydrogen-bond donors (Lipinski definition) is 0. The Labute approximate surface area is 107 Å². The number of imidazole rings is 1. The summed E-state index contributed by atoms with van der Waals surface area (Å²) >= 11 is 0. The van der Waals surface area contributed by atoms with Gasteiger partial charge in [0, 0.05) is 20.5 Å². The van der Waals surface area contributed by atoms with Gasteiger partial charge in [-0.15, -0.1) is 0 Å². The first-order valence-electron chi connectivity index (χ1n) is 6.29. The molecule has 1 heterocycles. The zero-order chi connectivity index (χ0) is 13.1. The molecule has 0 bridgehead atoms. The molecule has 0 spiro atoms. The number of para-hydroxylation sites is 2. The van der Waals surface area contributed by atoms with Gasteiger partial charge >= 0.3 is 0 Å². The minimum Gasteiger partial charge on any atom is -0.339 e. The van der Waals surface area contributed by atoms with Crippen LogP contribution in [0.2, 0.25) is 0 Å². The van der Waals surface area contributed by atoms with E-state index in [4.69, 9.17) is 0 Å². The third kappa shape index (κ3) is 2.37. The second-order valence-corrected chi connectivity index (χ2v) is 4.54. The van der Waals surface area contributed by atoms with Crippen LogP contribution in [0, 0.1) is 0 Å². The van der Waals surface area contributed by atoms with Crippen molar-refractivity contribution in [2.75, 3.05) is 7.05 Å². The Kier molecular flexibility index (Phi) is 3.65. The summed E-state index contributed by atoms with van der Waals surface area (Å²) in [7, 11) is 1.80. The van der Waals surface area contributed by atoms with Gasteiger partial charge in [-0.3, -0.25) is 4.79 Å². The summed E-state index contributed by atoms with van der Waals surface area (Å²) in [5.41, 5.74) is 2.14. The highest BCUT2D eigenvalue weighted by Gasteiger charge is 2.12. The Morgan fingerprint density at radius 3 is 2.78 bits per heavy atom. The molecule has 1 amide bonds. The molecular weight excluding hydrogens is 226 g/mol. The first-order valence-corrected chi connectivity index (χ1v) is 6.29. The van der Waals surface area contributed by atoms with Crippen molar-refractivity contribution >= 4 is 16.9 Å². The van der Waals surface area contributed by atoms with E-state index in [2.05, 4.69) is 22.5 Å². The van der Waals surface area contributed by atoms with Gasteiger partial charge in [0.15, 0.2) is 0 Å². The van der Waals surface area contributed by atoms with Gasteiger partial charge in [-0.2, -0.15) is 0 Å². The molecule has 0 saturated carbocycles. The predicted molar refractivity (Wildman–Crippen MR) is 72.2 cm³/mol. The van der Waals surface area contributed by atoms with Crippen LogP contribution in [0.5, 0.6) is 0 Å². The normalized spacial score (nSPS) is 10.8. The SMILES string of the molecule is CCCn1c(CN(C)C(C)=O)nc2ccccc21. The standard InChI is InChI=1S/C14H19N3O/c1-4-9-17-13-8-6-5-7-12(13)15-14(17)10-16(3)11(2)18/h5-8H,4,9-10H2,1-3H3. The van der Waals surface area contributed by atoms with Crippen LogP contribution >= 0.6 is 0 Å². The number of fused-ring (bicyclic) bond motifs is 1. The third-order valence-corrected chi connectivity index (χ3v) is 3.10. The molecule has 0 saturated heterocycles. The third-order valence-electron chi connectivity index (χ3n) is 3.10. The molecule has 1 aromatic heterocycles. The van der Waals surface area contributed by atoms with Crippen molar-refractivity contribution in [3.8, 4) is 0 Å². The minimum atomic E-state index is 0.0603. The molecule has 0 aliphatic carbocycles. The Morgan fingerprint density at radius 2 is 2.11 bits per heavy atom. The summed E-state index contributed by atoms with van der Waals surface area (Å²) in [5.74, 6) is 1.01. The lowest BCUT2D eigenvalue weighted by atomic mass is 10.3. The second kappa shape index (κ2) is 5.21. The highest BCUT2D eigenvalue weighted by Crippen LogP contribution is 2.17. The highest BCUT2D eigenvalue weighted by atomic mass is 16.2. The van der Waals surface area contributed by atoms with E-state index in [0.29, 0.717) is 6.54 Å². The van der Waals surface area contributed by atoms with Crippen LogP contribution in [0.3, 0.4) is 0 Å². The van der Waals surface area contributed by atoms with Crippen LogP contribution in [0.25, 0.3) is 11.0 Å². The quantitative estimate of drug-likeness (QED) is 0.829. The van der Waals surface area contributed by atoms with Crippen LogP contribution in [0.4, 0.5) is 0 Å². The molecule has 0 unspecified atom stereocenters. The first-order chi connectivity index (χ1) is 8.63. The van der Waals surface area contributed by atoms with Crippen LogP contribution in [0.1, 0.15) is 26.1 Å². The summed E-state index contributed by atoms with van der Waals surface area (Å²) in [5, 5.41) is 0. The van der Waals surface area contributed by atoms with E-state index < -0.39 is 0 Å². The maximum absolute atomic E-state index is 11.3. The average molecular weight is 245 g/mol. The van der Waals surface area contributed by atoms with Gasteiger partial charge in [0.25, 0.3) is 0 Å². The molecule has 0 atom stereocenters. The smallest absolute Gasteiger partial charge is 0.219 e. The van der Waals surface area contributed by atoms with Crippen molar-refractivity contribution in [3.05, 3.63) is 30.1 Å². The number of aryl methyl sites for hydroxylation is 1. The highest BCUT2D eigenvalue weighted by molar-refractivity contribution is 5.76. The molecule has 0 N–H and O–H groups in total. The summed E-state index contributed by atoms with van der Waals surface area (Å²) < 4.78 is 2.20. The number of hydrogen-bond acceptors (Lipinski definition) is 2. The number of nitrogens with zero attached hydrogens (tertiary/aromatic N) is 3. The van der Waals surface area contributed by atoms with Crippen molar-refractivity contribution < 1.29 is 4.79 Å². The topological polar surface area (TPSA) is 38.1 Å². The monoisotopic (exact) mass is 245 g/mol. The molecule has 4 heteroatoms. The van der Waals surface area contributed by atoms with E-state index in [1.54, 1.807) is 18.9 Å². The minimum absolute atomic E-state index is 0.0603. The number of benzene rings is 1. The van der Waals surface area contributed by atoms with Crippen molar-refractivity contribution in [2.45, 2.75) is 33.4 Å². The molecule has 0 aliphatic rings. The number of carbonyl (C=O) groups is 1. The summed E-state index contributed by atoms with van der Waals surface area (Å²) in [6.45, 7) is 5.21. The zero-order valence-electron chi connectivity index (χ0n) is 11.2. The van der Waals surface area contributed by atoms with Gasteiger partial charge in [0.05, 0.1) is 17.6 Å². The largest absolute Gasteiger partial charge is 0.339 e. The Hall–Kier alpha value is -1.84. The van der Waals surface area contributed by atoms with Gasteiger partial charge in [0.2, 0.25) is 5.91 Å². The van der Waals surface area contributed by atoms with Crippen molar-refractivity contribution in [1.82, 2.24) is 14.5 Å². The lowest BCUT2D eigenvalue weighted by molar-refractivity contribution is -0.128. The number of rotatable bonds is 4. The maximum atomic E-state index is 11.3. The van der Waals surface area contributed by atoms with Crippen LogP contribution in [-0.4, -0.2) is 27.4 Å². The fourth-order valence-corrected chi connectivity index (χ4v) is 2.04. The number of aromatic nitrogens is 2. The molecule has 2 aromatic rings. The van der Waals surface area contributed by atoms with E-state index in [1.165, 1.54) is 0 Å². The molecule has 4 nitrogen and oxygen atoms in total. The van der Waals surface area contributed by atoms with E-state index in [1.807, 2.05) is 18.2 Å². The van der Waals surface area contributed by atoms with E-state index >= 15 is 0 Å². The Balaban J connectivity index is 2.42. The van der Waals surface area contributed by atoms with E-state index in [0.717, 1.165) is 29.8 Å². The molecular formula is C14H19N3O. The fraction of sp³-hybridized carbons (Fsp3) is 0.429. The molecule has 18 heavy (non-hydrogen) atoms. The van der Waals surface area contributed by atoms with Crippen molar-refractivity contribution in [3.63, 3.8) is 0 Å². The first kappa shape index (κ1) is 12.6. The Bertz CT molecular complexity index is 559. The molecule has 0 radical (unpaired) electrons. The van der Waals surface area contributed by atoms with Crippen molar-refractivity contribution in [1.29, 1.82) is 0 Å². The van der Waals surface area contributed by atoms with E-state index in [-0.39, 0.29) is 5.91 Å². The van der Waals surface area contributed by atoms with Gasteiger partial charge in [-0.1, -0.05) is 19.1 Å². The zero-order valence-corrected chi connectivity index (χ0v) is 11.2. The molecule has 1 aromatic carbocycles.